The Morgan fingerprint density at radius 3 is 2.37 bits per heavy atom. The minimum atomic E-state index is -3.58. The van der Waals surface area contributed by atoms with Crippen molar-refractivity contribution in [1.82, 2.24) is 14.5 Å². The van der Waals surface area contributed by atoms with Crippen molar-refractivity contribution in [2.24, 2.45) is 5.73 Å². The Morgan fingerprint density at radius 2 is 2.00 bits per heavy atom. The first-order chi connectivity index (χ1) is 8.80. The number of rotatable bonds is 7. The predicted octanol–water partition coefficient (Wildman–Crippen LogP) is 1.26. The third kappa shape index (κ3) is 3.55. The molecule has 0 aromatic carbocycles. The molecule has 0 saturated carbocycles. The molecule has 0 saturated heterocycles. The van der Waals surface area contributed by atoms with E-state index in [9.17, 15) is 8.42 Å². The Morgan fingerprint density at radius 1 is 1.42 bits per heavy atom. The summed E-state index contributed by atoms with van der Waals surface area (Å²) in [6.07, 6.45) is 4.21. The van der Waals surface area contributed by atoms with Crippen LogP contribution in [0.4, 0.5) is 0 Å². The van der Waals surface area contributed by atoms with E-state index in [0.29, 0.717) is 12.8 Å². The molecule has 1 heterocycles. The molecule has 7 heteroatoms. The van der Waals surface area contributed by atoms with E-state index in [-0.39, 0.29) is 17.5 Å². The van der Waals surface area contributed by atoms with Crippen molar-refractivity contribution in [3.8, 4) is 0 Å². The highest BCUT2D eigenvalue weighted by Crippen LogP contribution is 2.19. The highest BCUT2D eigenvalue weighted by molar-refractivity contribution is 7.89. The standard InChI is InChI=1S/C12H24N4O2S/c1-5-12(6-2,9-13)15-19(17,18)11-7-14-16(8-11)10(3)4/h7-8,10,15H,5-6,9,13H2,1-4H3. The molecule has 0 radical (unpaired) electrons. The number of nitrogens with zero attached hydrogens (tertiary/aromatic N) is 2. The number of hydrogen-bond donors (Lipinski definition) is 2. The normalized spacial score (nSPS) is 13.2. The zero-order valence-electron chi connectivity index (χ0n) is 12.0. The van der Waals surface area contributed by atoms with Gasteiger partial charge in [-0.3, -0.25) is 4.68 Å². The van der Waals surface area contributed by atoms with Gasteiger partial charge in [-0.05, 0) is 26.7 Å². The monoisotopic (exact) mass is 288 g/mol. The van der Waals surface area contributed by atoms with Crippen molar-refractivity contribution in [2.45, 2.75) is 57.0 Å². The van der Waals surface area contributed by atoms with Crippen molar-refractivity contribution < 1.29 is 8.42 Å². The summed E-state index contributed by atoms with van der Waals surface area (Å²) in [5, 5.41) is 4.06. The van der Waals surface area contributed by atoms with Gasteiger partial charge in [0.1, 0.15) is 4.90 Å². The third-order valence-corrected chi connectivity index (χ3v) is 5.05. The van der Waals surface area contributed by atoms with Crippen molar-refractivity contribution in [3.63, 3.8) is 0 Å². The summed E-state index contributed by atoms with van der Waals surface area (Å²) in [6.45, 7) is 8.02. The second-order valence-electron chi connectivity index (χ2n) is 5.05. The maximum absolute atomic E-state index is 12.3. The molecule has 110 valence electrons. The van der Waals surface area contributed by atoms with Crippen LogP contribution < -0.4 is 10.5 Å². The molecule has 3 N–H and O–H groups in total. The van der Waals surface area contributed by atoms with Gasteiger partial charge in [-0.1, -0.05) is 13.8 Å². The zero-order valence-corrected chi connectivity index (χ0v) is 12.9. The van der Waals surface area contributed by atoms with Crippen LogP contribution in [-0.4, -0.2) is 30.3 Å². The van der Waals surface area contributed by atoms with Crippen molar-refractivity contribution in [2.75, 3.05) is 6.54 Å². The summed E-state index contributed by atoms with van der Waals surface area (Å²) in [7, 11) is -3.58. The van der Waals surface area contributed by atoms with Crippen LogP contribution in [0.1, 0.15) is 46.6 Å². The van der Waals surface area contributed by atoms with Crippen LogP contribution >= 0.6 is 0 Å². The second kappa shape index (κ2) is 6.02. The van der Waals surface area contributed by atoms with Crippen LogP contribution in [-0.2, 0) is 10.0 Å². The Hall–Kier alpha value is -0.920. The first kappa shape index (κ1) is 16.1. The van der Waals surface area contributed by atoms with Gasteiger partial charge in [0.15, 0.2) is 0 Å². The van der Waals surface area contributed by atoms with Gasteiger partial charge in [-0.2, -0.15) is 5.10 Å². The van der Waals surface area contributed by atoms with E-state index in [4.69, 9.17) is 5.73 Å². The predicted molar refractivity (Wildman–Crippen MR) is 75.3 cm³/mol. The van der Waals surface area contributed by atoms with Gasteiger partial charge in [0.25, 0.3) is 0 Å². The van der Waals surface area contributed by atoms with Crippen LogP contribution in [0.15, 0.2) is 17.3 Å². The molecule has 0 aliphatic carbocycles. The topological polar surface area (TPSA) is 90.0 Å². The smallest absolute Gasteiger partial charge is 0.244 e. The summed E-state index contributed by atoms with van der Waals surface area (Å²) in [4.78, 5) is 0.181. The van der Waals surface area contributed by atoms with Gasteiger partial charge in [0.2, 0.25) is 10.0 Å². The van der Waals surface area contributed by atoms with E-state index in [1.165, 1.54) is 6.20 Å². The lowest BCUT2D eigenvalue weighted by molar-refractivity contribution is 0.363. The van der Waals surface area contributed by atoms with Crippen molar-refractivity contribution >= 4 is 10.0 Å². The molecule has 1 rings (SSSR count). The molecule has 0 fully saturated rings. The number of aromatic nitrogens is 2. The van der Waals surface area contributed by atoms with Crippen LogP contribution in [0.5, 0.6) is 0 Å². The molecule has 0 amide bonds. The second-order valence-corrected chi connectivity index (χ2v) is 6.73. The largest absolute Gasteiger partial charge is 0.329 e. The number of sulfonamides is 1. The van der Waals surface area contributed by atoms with Gasteiger partial charge < -0.3 is 5.73 Å². The first-order valence-electron chi connectivity index (χ1n) is 6.58. The number of nitrogens with two attached hydrogens (primary N) is 1. The molecule has 0 aliphatic heterocycles. The maximum atomic E-state index is 12.3. The van der Waals surface area contributed by atoms with Crippen molar-refractivity contribution in [1.29, 1.82) is 0 Å². The quantitative estimate of drug-likeness (QED) is 0.790. The van der Waals surface area contributed by atoms with Gasteiger partial charge >= 0.3 is 0 Å². The Bertz CT molecular complexity index is 495. The number of hydrogen-bond acceptors (Lipinski definition) is 4. The average molecular weight is 288 g/mol. The Labute approximate surface area is 115 Å². The highest BCUT2D eigenvalue weighted by Gasteiger charge is 2.31. The summed E-state index contributed by atoms with van der Waals surface area (Å²) in [5.41, 5.74) is 5.14. The molecule has 19 heavy (non-hydrogen) atoms. The van der Waals surface area contributed by atoms with E-state index in [0.717, 1.165) is 0 Å². The Balaban J connectivity index is 3.03. The van der Waals surface area contributed by atoms with Crippen LogP contribution in [0, 0.1) is 0 Å². The fraction of sp³-hybridized carbons (Fsp3) is 0.750. The van der Waals surface area contributed by atoms with Crippen molar-refractivity contribution in [3.05, 3.63) is 12.4 Å². The molecule has 1 aromatic heterocycles. The fourth-order valence-corrected chi connectivity index (χ4v) is 3.30. The first-order valence-corrected chi connectivity index (χ1v) is 8.06. The van der Waals surface area contributed by atoms with Gasteiger partial charge in [-0.25, -0.2) is 13.1 Å². The van der Waals surface area contributed by atoms with E-state index in [2.05, 4.69) is 9.82 Å². The molecule has 1 aromatic rings. The third-order valence-electron chi connectivity index (χ3n) is 3.51. The lowest BCUT2D eigenvalue weighted by atomic mass is 9.95. The zero-order chi connectivity index (χ0) is 14.7. The average Bonchev–Trinajstić information content (AvgIpc) is 2.86. The highest BCUT2D eigenvalue weighted by atomic mass is 32.2. The SMILES string of the molecule is CCC(CC)(CN)NS(=O)(=O)c1cnn(C(C)C)c1. The van der Waals surface area contributed by atoms with E-state index < -0.39 is 15.6 Å². The molecular weight excluding hydrogens is 264 g/mol. The lowest BCUT2D eigenvalue weighted by Crippen LogP contribution is -2.52. The minimum absolute atomic E-state index is 0.126. The summed E-state index contributed by atoms with van der Waals surface area (Å²) in [5.74, 6) is 0. The van der Waals surface area contributed by atoms with E-state index >= 15 is 0 Å². The van der Waals surface area contributed by atoms with E-state index in [1.807, 2.05) is 27.7 Å². The van der Waals surface area contributed by atoms with Gasteiger partial charge in [0, 0.05) is 24.3 Å². The van der Waals surface area contributed by atoms with Gasteiger partial charge in [-0.15, -0.1) is 0 Å². The molecular formula is C12H24N4O2S. The molecule has 0 unspecified atom stereocenters. The molecule has 0 spiro atoms. The molecule has 0 aliphatic rings. The van der Waals surface area contributed by atoms with E-state index in [1.54, 1.807) is 10.9 Å². The lowest BCUT2D eigenvalue weighted by Gasteiger charge is -2.30. The van der Waals surface area contributed by atoms with Crippen LogP contribution in [0.25, 0.3) is 0 Å². The number of nitrogens with one attached hydrogen (secondary N) is 1. The summed E-state index contributed by atoms with van der Waals surface area (Å²) < 4.78 is 29.0. The summed E-state index contributed by atoms with van der Waals surface area (Å²) >= 11 is 0. The minimum Gasteiger partial charge on any atom is -0.329 e. The van der Waals surface area contributed by atoms with Gasteiger partial charge in [0.05, 0.1) is 6.20 Å². The van der Waals surface area contributed by atoms with Crippen LogP contribution in [0.3, 0.4) is 0 Å². The molecule has 0 bridgehead atoms. The fourth-order valence-electron chi connectivity index (χ4n) is 1.81. The Kier molecular flexibility index (Phi) is 5.11. The van der Waals surface area contributed by atoms with Crippen LogP contribution in [0.2, 0.25) is 0 Å². The molecule has 0 atom stereocenters. The molecule has 6 nitrogen and oxygen atoms in total. The maximum Gasteiger partial charge on any atom is 0.244 e. The summed E-state index contributed by atoms with van der Waals surface area (Å²) in [6, 6.07) is 0.126.